The van der Waals surface area contributed by atoms with Gasteiger partial charge in [0.25, 0.3) is 0 Å². The molecule has 2 N–H and O–H groups in total. The zero-order chi connectivity index (χ0) is 14.4. The molecule has 1 amide bonds. The summed E-state index contributed by atoms with van der Waals surface area (Å²) < 4.78 is 1.67. The molecule has 1 heterocycles. The molecule has 3 rings (SSSR count). The molecule has 1 aromatic rings. The maximum Gasteiger partial charge on any atom is 0.307 e. The maximum absolute atomic E-state index is 12.4. The van der Waals surface area contributed by atoms with Crippen molar-refractivity contribution in [1.82, 2.24) is 9.78 Å². The molecule has 0 radical (unpaired) electrons. The van der Waals surface area contributed by atoms with Crippen molar-refractivity contribution in [2.45, 2.75) is 13.3 Å². The number of amides is 1. The smallest absolute Gasteiger partial charge is 0.307 e. The molecule has 0 aliphatic heterocycles. The molecule has 20 heavy (non-hydrogen) atoms. The van der Waals surface area contributed by atoms with Gasteiger partial charge in [0, 0.05) is 7.05 Å². The molecule has 2 aliphatic rings. The lowest BCUT2D eigenvalue weighted by Crippen LogP contribution is -2.36. The van der Waals surface area contributed by atoms with Gasteiger partial charge in [-0.15, -0.1) is 0 Å². The van der Waals surface area contributed by atoms with E-state index in [4.69, 9.17) is 0 Å². The summed E-state index contributed by atoms with van der Waals surface area (Å²) in [7, 11) is 1.80. The standard InChI is InChI=1S/C14H17N3O3/c1-7-10(6-15-17(7)2)16-13(18)11-8-3-4-9(5-8)12(11)14(19)20/h3-4,6,8-9,11-12H,5H2,1-2H3,(H,16,18)(H,19,20)/t8-,9-,11-,12+/m0/s1. The highest BCUT2D eigenvalue weighted by molar-refractivity contribution is 5.96. The van der Waals surface area contributed by atoms with Crippen molar-refractivity contribution in [2.75, 3.05) is 5.32 Å². The van der Waals surface area contributed by atoms with Crippen molar-refractivity contribution in [3.05, 3.63) is 24.0 Å². The first kappa shape index (κ1) is 12.9. The van der Waals surface area contributed by atoms with Crippen LogP contribution in [0.3, 0.4) is 0 Å². The fourth-order valence-corrected chi connectivity index (χ4v) is 3.35. The lowest BCUT2D eigenvalue weighted by Gasteiger charge is -2.23. The van der Waals surface area contributed by atoms with Crippen molar-refractivity contribution < 1.29 is 14.7 Å². The fourth-order valence-electron chi connectivity index (χ4n) is 3.35. The van der Waals surface area contributed by atoms with E-state index in [2.05, 4.69) is 10.4 Å². The van der Waals surface area contributed by atoms with Crippen LogP contribution >= 0.6 is 0 Å². The first-order chi connectivity index (χ1) is 9.49. The average molecular weight is 275 g/mol. The molecular formula is C14H17N3O3. The number of carboxylic acids is 1. The summed E-state index contributed by atoms with van der Waals surface area (Å²) in [6.07, 6.45) is 6.26. The van der Waals surface area contributed by atoms with Crippen LogP contribution in [0.5, 0.6) is 0 Å². The van der Waals surface area contributed by atoms with Crippen LogP contribution in [0, 0.1) is 30.6 Å². The number of anilines is 1. The monoisotopic (exact) mass is 275 g/mol. The first-order valence-corrected chi connectivity index (χ1v) is 6.69. The van der Waals surface area contributed by atoms with E-state index in [1.165, 1.54) is 0 Å². The number of aliphatic carboxylic acids is 1. The van der Waals surface area contributed by atoms with E-state index in [-0.39, 0.29) is 17.7 Å². The number of hydrogen-bond donors (Lipinski definition) is 2. The van der Waals surface area contributed by atoms with Gasteiger partial charge in [0.05, 0.1) is 29.4 Å². The van der Waals surface area contributed by atoms with E-state index in [9.17, 15) is 14.7 Å². The predicted molar refractivity (Wildman–Crippen MR) is 71.9 cm³/mol. The molecule has 0 saturated heterocycles. The molecule has 6 heteroatoms. The third-order valence-electron chi connectivity index (χ3n) is 4.54. The summed E-state index contributed by atoms with van der Waals surface area (Å²) in [6.45, 7) is 1.86. The molecular weight excluding hydrogens is 258 g/mol. The number of hydrogen-bond acceptors (Lipinski definition) is 3. The van der Waals surface area contributed by atoms with Gasteiger partial charge >= 0.3 is 5.97 Å². The second-order valence-electron chi connectivity index (χ2n) is 5.59. The zero-order valence-electron chi connectivity index (χ0n) is 11.4. The Labute approximate surface area is 116 Å². The third-order valence-corrected chi connectivity index (χ3v) is 4.54. The van der Waals surface area contributed by atoms with Crippen LogP contribution in [0.15, 0.2) is 18.3 Å². The van der Waals surface area contributed by atoms with Crippen LogP contribution in [0.2, 0.25) is 0 Å². The van der Waals surface area contributed by atoms with Crippen molar-refractivity contribution in [2.24, 2.45) is 30.7 Å². The average Bonchev–Trinajstić information content (AvgIpc) is 3.08. The largest absolute Gasteiger partial charge is 0.481 e. The molecule has 6 nitrogen and oxygen atoms in total. The Morgan fingerprint density at radius 1 is 1.35 bits per heavy atom. The Kier molecular flexibility index (Phi) is 2.88. The molecule has 4 atom stereocenters. The van der Waals surface area contributed by atoms with Crippen molar-refractivity contribution >= 4 is 17.6 Å². The Hall–Kier alpha value is -2.11. The molecule has 106 valence electrons. The minimum atomic E-state index is -0.884. The van der Waals surface area contributed by atoms with Crippen molar-refractivity contribution in [3.63, 3.8) is 0 Å². The van der Waals surface area contributed by atoms with E-state index in [0.717, 1.165) is 12.1 Å². The number of allylic oxidation sites excluding steroid dienone is 2. The third kappa shape index (κ3) is 1.83. The number of carbonyl (C=O) groups is 2. The lowest BCUT2D eigenvalue weighted by atomic mass is 9.82. The van der Waals surface area contributed by atoms with Gasteiger partial charge in [-0.2, -0.15) is 5.10 Å². The van der Waals surface area contributed by atoms with E-state index in [0.29, 0.717) is 5.69 Å². The van der Waals surface area contributed by atoms with E-state index >= 15 is 0 Å². The number of rotatable bonds is 3. The number of aryl methyl sites for hydroxylation is 1. The Morgan fingerprint density at radius 3 is 2.55 bits per heavy atom. The number of nitrogens with zero attached hydrogens (tertiary/aromatic N) is 2. The topological polar surface area (TPSA) is 84.2 Å². The zero-order valence-corrected chi connectivity index (χ0v) is 11.4. The maximum atomic E-state index is 12.4. The highest BCUT2D eigenvalue weighted by Crippen LogP contribution is 2.48. The van der Waals surface area contributed by atoms with Crippen LogP contribution < -0.4 is 5.32 Å². The molecule has 0 aromatic carbocycles. The van der Waals surface area contributed by atoms with Crippen molar-refractivity contribution in [1.29, 1.82) is 0 Å². The van der Waals surface area contributed by atoms with Crippen LogP contribution in [0.4, 0.5) is 5.69 Å². The predicted octanol–water partition coefficient (Wildman–Crippen LogP) is 1.19. The highest BCUT2D eigenvalue weighted by atomic mass is 16.4. The fraction of sp³-hybridized carbons (Fsp3) is 0.500. The highest BCUT2D eigenvalue weighted by Gasteiger charge is 2.51. The van der Waals surface area contributed by atoms with Gasteiger partial charge in [-0.3, -0.25) is 14.3 Å². The summed E-state index contributed by atoms with van der Waals surface area (Å²) in [4.78, 5) is 23.8. The summed E-state index contributed by atoms with van der Waals surface area (Å²) in [6, 6.07) is 0. The Bertz CT molecular complexity index is 605. The number of aromatic nitrogens is 2. The molecule has 1 saturated carbocycles. The van der Waals surface area contributed by atoms with Gasteiger partial charge in [0.2, 0.25) is 5.91 Å². The van der Waals surface area contributed by atoms with E-state index in [1.54, 1.807) is 17.9 Å². The van der Waals surface area contributed by atoms with E-state index in [1.807, 2.05) is 19.1 Å². The van der Waals surface area contributed by atoms with E-state index < -0.39 is 17.8 Å². The van der Waals surface area contributed by atoms with Gasteiger partial charge in [-0.25, -0.2) is 0 Å². The van der Waals surface area contributed by atoms with Crippen LogP contribution in [0.1, 0.15) is 12.1 Å². The van der Waals surface area contributed by atoms with Crippen LogP contribution in [-0.2, 0) is 16.6 Å². The number of carbonyl (C=O) groups excluding carboxylic acids is 1. The lowest BCUT2D eigenvalue weighted by molar-refractivity contribution is -0.146. The van der Waals surface area contributed by atoms with Crippen molar-refractivity contribution in [3.8, 4) is 0 Å². The summed E-state index contributed by atoms with van der Waals surface area (Å²) in [5, 5.41) is 16.2. The molecule has 1 fully saturated rings. The number of fused-ring (bicyclic) bond motifs is 2. The minimum Gasteiger partial charge on any atom is -0.481 e. The summed E-state index contributed by atoms with van der Waals surface area (Å²) in [5.41, 5.74) is 1.50. The molecule has 0 unspecified atom stereocenters. The van der Waals surface area contributed by atoms with Gasteiger partial charge in [0.15, 0.2) is 0 Å². The van der Waals surface area contributed by atoms with Gasteiger partial charge in [-0.1, -0.05) is 12.2 Å². The molecule has 2 bridgehead atoms. The number of nitrogens with one attached hydrogen (secondary N) is 1. The Balaban J connectivity index is 1.82. The number of carboxylic acid groups (broad SMARTS) is 1. The normalized spacial score (nSPS) is 30.7. The molecule has 2 aliphatic carbocycles. The SMILES string of the molecule is Cc1c(NC(=O)[C@@H]2[C@H](C(=O)O)[C@H]3C=C[C@H]2C3)cnn1C. The van der Waals surface area contributed by atoms with Crippen LogP contribution in [0.25, 0.3) is 0 Å². The Morgan fingerprint density at radius 2 is 2.00 bits per heavy atom. The molecule has 0 spiro atoms. The summed E-state index contributed by atoms with van der Waals surface area (Å²) >= 11 is 0. The van der Waals surface area contributed by atoms with Crippen LogP contribution in [-0.4, -0.2) is 26.8 Å². The van der Waals surface area contributed by atoms with Gasteiger partial charge in [-0.05, 0) is 25.2 Å². The quantitative estimate of drug-likeness (QED) is 0.812. The van der Waals surface area contributed by atoms with Gasteiger partial charge < -0.3 is 10.4 Å². The molecule has 1 aromatic heterocycles. The second-order valence-corrected chi connectivity index (χ2v) is 5.59. The minimum absolute atomic E-state index is 0.0109. The first-order valence-electron chi connectivity index (χ1n) is 6.69. The van der Waals surface area contributed by atoms with Gasteiger partial charge in [0.1, 0.15) is 0 Å². The summed E-state index contributed by atoms with van der Waals surface area (Å²) in [5.74, 6) is -2.17. The second kappa shape index (κ2) is 4.47.